The summed E-state index contributed by atoms with van der Waals surface area (Å²) in [6, 6.07) is 3.94. The standard InChI is InChI=1S/C17H16Br2N4O2S/c1-9-14-11(23(22-9)13-4-2-3-7-25-13)6-5-10(18)15(14)21-16(24)12-8-20-17(19)26-12/h5-6,8,13H,2-4,7H2,1H3,(H,21,24). The first-order valence-electron chi connectivity index (χ1n) is 8.26. The van der Waals surface area contributed by atoms with E-state index in [9.17, 15) is 4.79 Å². The summed E-state index contributed by atoms with van der Waals surface area (Å²) in [7, 11) is 0. The maximum Gasteiger partial charge on any atom is 0.267 e. The second-order valence-corrected chi connectivity index (χ2v) is 9.26. The minimum absolute atomic E-state index is 0.0536. The third-order valence-corrected chi connectivity index (χ3v) is 6.50. The van der Waals surface area contributed by atoms with E-state index in [0.717, 1.165) is 52.6 Å². The number of aromatic nitrogens is 3. The molecule has 9 heteroatoms. The fourth-order valence-electron chi connectivity index (χ4n) is 3.18. The van der Waals surface area contributed by atoms with Gasteiger partial charge in [0, 0.05) is 16.5 Å². The Morgan fingerprint density at radius 3 is 2.92 bits per heavy atom. The number of ether oxygens (including phenoxy) is 1. The highest BCUT2D eigenvalue weighted by Crippen LogP contribution is 2.36. The smallest absolute Gasteiger partial charge is 0.267 e. The van der Waals surface area contributed by atoms with E-state index in [1.165, 1.54) is 11.3 Å². The molecule has 136 valence electrons. The summed E-state index contributed by atoms with van der Waals surface area (Å²) in [6.45, 7) is 2.71. The van der Waals surface area contributed by atoms with Crippen LogP contribution in [0.2, 0.25) is 0 Å². The highest BCUT2D eigenvalue weighted by atomic mass is 79.9. The van der Waals surface area contributed by atoms with Crippen LogP contribution in [0.25, 0.3) is 10.9 Å². The lowest BCUT2D eigenvalue weighted by Crippen LogP contribution is -2.19. The molecule has 1 unspecified atom stereocenters. The average molecular weight is 500 g/mol. The van der Waals surface area contributed by atoms with E-state index >= 15 is 0 Å². The van der Waals surface area contributed by atoms with Crippen LogP contribution in [0.4, 0.5) is 5.69 Å². The highest BCUT2D eigenvalue weighted by Gasteiger charge is 2.23. The Hall–Kier alpha value is -1.29. The van der Waals surface area contributed by atoms with Crippen molar-refractivity contribution in [1.82, 2.24) is 14.8 Å². The van der Waals surface area contributed by atoms with Crippen molar-refractivity contribution in [3.05, 3.63) is 37.3 Å². The number of aryl methyl sites for hydroxylation is 1. The summed E-state index contributed by atoms with van der Waals surface area (Å²) < 4.78 is 9.33. The number of hydrogen-bond acceptors (Lipinski definition) is 5. The molecule has 4 rings (SSSR count). The first kappa shape index (κ1) is 18.1. The molecule has 1 atom stereocenters. The topological polar surface area (TPSA) is 69.0 Å². The molecule has 1 aromatic carbocycles. The SMILES string of the molecule is Cc1nn(C2CCCCO2)c2ccc(Br)c(NC(=O)c3cnc(Br)s3)c12. The second kappa shape index (κ2) is 7.38. The van der Waals surface area contributed by atoms with Crippen molar-refractivity contribution in [2.24, 2.45) is 0 Å². The van der Waals surface area contributed by atoms with Gasteiger partial charge in [-0.25, -0.2) is 9.67 Å². The summed E-state index contributed by atoms with van der Waals surface area (Å²) in [5, 5.41) is 8.63. The quantitative estimate of drug-likeness (QED) is 0.532. The van der Waals surface area contributed by atoms with Crippen LogP contribution < -0.4 is 5.32 Å². The number of amides is 1. The van der Waals surface area contributed by atoms with Gasteiger partial charge in [0.2, 0.25) is 0 Å². The molecular weight excluding hydrogens is 484 g/mol. The van der Waals surface area contributed by atoms with Gasteiger partial charge in [-0.3, -0.25) is 4.79 Å². The van der Waals surface area contributed by atoms with Crippen LogP contribution in [0.3, 0.4) is 0 Å². The van der Waals surface area contributed by atoms with Crippen molar-refractivity contribution in [3.63, 3.8) is 0 Å². The Balaban J connectivity index is 1.75. The molecule has 0 saturated carbocycles. The van der Waals surface area contributed by atoms with Gasteiger partial charge < -0.3 is 10.1 Å². The number of anilines is 1. The van der Waals surface area contributed by atoms with Crippen LogP contribution in [0.1, 0.15) is 40.9 Å². The third kappa shape index (κ3) is 3.33. The summed E-state index contributed by atoms with van der Waals surface area (Å²) in [5.74, 6) is -0.192. The van der Waals surface area contributed by atoms with Crippen LogP contribution in [0.5, 0.6) is 0 Å². The number of benzene rings is 1. The van der Waals surface area contributed by atoms with Gasteiger partial charge in [-0.15, -0.1) is 11.3 Å². The van der Waals surface area contributed by atoms with E-state index in [2.05, 4.69) is 42.2 Å². The minimum atomic E-state index is -0.192. The van der Waals surface area contributed by atoms with Crippen molar-refractivity contribution in [2.75, 3.05) is 11.9 Å². The van der Waals surface area contributed by atoms with Crippen molar-refractivity contribution in [2.45, 2.75) is 32.4 Å². The van der Waals surface area contributed by atoms with Crippen molar-refractivity contribution < 1.29 is 9.53 Å². The van der Waals surface area contributed by atoms with Gasteiger partial charge in [0.15, 0.2) is 10.1 Å². The molecule has 0 spiro atoms. The molecule has 1 fully saturated rings. The van der Waals surface area contributed by atoms with Crippen molar-refractivity contribution >= 4 is 65.7 Å². The molecule has 1 aliphatic heterocycles. The number of carbonyl (C=O) groups is 1. The van der Waals surface area contributed by atoms with Gasteiger partial charge in [-0.1, -0.05) is 0 Å². The zero-order chi connectivity index (χ0) is 18.3. The normalized spacial score (nSPS) is 17.6. The van der Waals surface area contributed by atoms with E-state index < -0.39 is 0 Å². The lowest BCUT2D eigenvalue weighted by Gasteiger charge is -2.23. The molecule has 3 heterocycles. The molecule has 0 bridgehead atoms. The summed E-state index contributed by atoms with van der Waals surface area (Å²) >= 11 is 8.14. The molecule has 2 aromatic heterocycles. The molecular formula is C17H16Br2N4O2S. The Kier molecular flexibility index (Phi) is 5.13. The van der Waals surface area contributed by atoms with E-state index in [-0.39, 0.29) is 12.1 Å². The van der Waals surface area contributed by atoms with E-state index in [1.54, 1.807) is 6.20 Å². The molecule has 0 radical (unpaired) electrons. The number of rotatable bonds is 3. The molecule has 26 heavy (non-hydrogen) atoms. The lowest BCUT2D eigenvalue weighted by atomic mass is 10.1. The number of halogens is 2. The molecule has 1 N–H and O–H groups in total. The zero-order valence-corrected chi connectivity index (χ0v) is 17.9. The number of nitrogens with zero attached hydrogens (tertiary/aromatic N) is 3. The van der Waals surface area contributed by atoms with Gasteiger partial charge in [-0.05, 0) is 70.2 Å². The Morgan fingerprint density at radius 1 is 1.38 bits per heavy atom. The van der Waals surface area contributed by atoms with E-state index in [1.807, 2.05) is 23.7 Å². The minimum Gasteiger partial charge on any atom is -0.356 e. The first-order valence-corrected chi connectivity index (χ1v) is 10.7. The number of nitrogens with one attached hydrogen (secondary N) is 1. The third-order valence-electron chi connectivity index (χ3n) is 4.37. The van der Waals surface area contributed by atoms with E-state index in [4.69, 9.17) is 9.84 Å². The number of thiazole rings is 1. The predicted octanol–water partition coefficient (Wildman–Crippen LogP) is 5.28. The Bertz CT molecular complexity index is 979. The molecule has 1 saturated heterocycles. The maximum absolute atomic E-state index is 12.6. The summed E-state index contributed by atoms with van der Waals surface area (Å²) in [6.07, 6.45) is 4.67. The summed E-state index contributed by atoms with van der Waals surface area (Å²) in [5.41, 5.74) is 2.53. The monoisotopic (exact) mass is 498 g/mol. The van der Waals surface area contributed by atoms with Crippen LogP contribution in [-0.4, -0.2) is 27.3 Å². The van der Waals surface area contributed by atoms with Crippen molar-refractivity contribution in [1.29, 1.82) is 0 Å². The van der Waals surface area contributed by atoms with Gasteiger partial charge in [0.1, 0.15) is 4.88 Å². The molecule has 6 nitrogen and oxygen atoms in total. The number of hydrogen-bond donors (Lipinski definition) is 1. The largest absolute Gasteiger partial charge is 0.356 e. The highest BCUT2D eigenvalue weighted by molar-refractivity contribution is 9.11. The van der Waals surface area contributed by atoms with Crippen LogP contribution >= 0.6 is 43.2 Å². The lowest BCUT2D eigenvalue weighted by molar-refractivity contribution is -0.0368. The van der Waals surface area contributed by atoms with Gasteiger partial charge >= 0.3 is 0 Å². The molecule has 0 aliphatic carbocycles. The van der Waals surface area contributed by atoms with Gasteiger partial charge in [-0.2, -0.15) is 5.10 Å². The average Bonchev–Trinajstić information content (AvgIpc) is 3.22. The van der Waals surface area contributed by atoms with Gasteiger partial charge in [0.05, 0.1) is 23.1 Å². The molecule has 3 aromatic rings. The van der Waals surface area contributed by atoms with Crippen LogP contribution in [0, 0.1) is 6.92 Å². The number of fused-ring (bicyclic) bond motifs is 1. The van der Waals surface area contributed by atoms with Crippen LogP contribution in [-0.2, 0) is 4.74 Å². The fourth-order valence-corrected chi connectivity index (χ4v) is 4.77. The first-order chi connectivity index (χ1) is 12.5. The Labute approximate surface area is 171 Å². The predicted molar refractivity (Wildman–Crippen MR) is 109 cm³/mol. The number of carbonyl (C=O) groups excluding carboxylic acids is 1. The molecule has 1 aliphatic rings. The van der Waals surface area contributed by atoms with Gasteiger partial charge in [0.25, 0.3) is 5.91 Å². The molecule has 1 amide bonds. The van der Waals surface area contributed by atoms with Crippen LogP contribution in [0.15, 0.2) is 26.7 Å². The van der Waals surface area contributed by atoms with Crippen molar-refractivity contribution in [3.8, 4) is 0 Å². The second-order valence-electron chi connectivity index (χ2n) is 6.10. The maximum atomic E-state index is 12.6. The fraction of sp³-hybridized carbons (Fsp3) is 0.353. The summed E-state index contributed by atoms with van der Waals surface area (Å²) in [4.78, 5) is 17.2. The Morgan fingerprint density at radius 2 is 2.23 bits per heavy atom. The zero-order valence-electron chi connectivity index (χ0n) is 14.0. The van der Waals surface area contributed by atoms with E-state index in [0.29, 0.717) is 8.79 Å².